The van der Waals surface area contributed by atoms with Gasteiger partial charge in [0.05, 0.1) is 7.11 Å². The molecule has 3 heteroatoms. The van der Waals surface area contributed by atoms with E-state index in [2.05, 4.69) is 5.32 Å². The Kier molecular flexibility index (Phi) is 3.71. The molecule has 0 unspecified atom stereocenters. The molecule has 0 aliphatic carbocycles. The number of rotatable bonds is 4. The van der Waals surface area contributed by atoms with Crippen LogP contribution < -0.4 is 10.1 Å². The van der Waals surface area contributed by atoms with Gasteiger partial charge in [0.2, 0.25) is 0 Å². The minimum absolute atomic E-state index is 0.295. The van der Waals surface area contributed by atoms with Gasteiger partial charge in [-0.1, -0.05) is 12.1 Å². The molecule has 0 aromatic heterocycles. The minimum atomic E-state index is -0.295. The average Bonchev–Trinajstić information content (AvgIpc) is 2.15. The molecule has 2 nitrogen and oxygen atoms in total. The molecule has 72 valence electrons. The van der Waals surface area contributed by atoms with Crippen LogP contribution in [-0.4, -0.2) is 20.7 Å². The van der Waals surface area contributed by atoms with Crippen LogP contribution in [-0.2, 0) is 6.42 Å². The quantitative estimate of drug-likeness (QED) is 0.765. The highest BCUT2D eigenvalue weighted by Crippen LogP contribution is 2.22. The first-order valence-electron chi connectivity index (χ1n) is 4.25. The Morgan fingerprint density at radius 2 is 2.23 bits per heavy atom. The number of nitrogens with one attached hydrogen (secondary N) is 1. The molecule has 0 aliphatic rings. The normalized spacial score (nSPS) is 10.1. The summed E-state index contributed by atoms with van der Waals surface area (Å²) in [6.45, 7) is 0.819. The number of hydrogen-bond donors (Lipinski definition) is 1. The van der Waals surface area contributed by atoms with Crippen LogP contribution in [0.15, 0.2) is 18.2 Å². The monoisotopic (exact) mass is 183 g/mol. The zero-order valence-electron chi connectivity index (χ0n) is 7.93. The summed E-state index contributed by atoms with van der Waals surface area (Å²) in [7, 11) is 3.35. The molecule has 0 heterocycles. The smallest absolute Gasteiger partial charge is 0.165 e. The van der Waals surface area contributed by atoms with Crippen molar-refractivity contribution in [2.24, 2.45) is 0 Å². The second-order valence-corrected chi connectivity index (χ2v) is 2.79. The van der Waals surface area contributed by atoms with Crippen molar-refractivity contribution in [2.75, 3.05) is 20.7 Å². The topological polar surface area (TPSA) is 21.3 Å². The van der Waals surface area contributed by atoms with E-state index in [1.165, 1.54) is 13.2 Å². The third-order valence-electron chi connectivity index (χ3n) is 1.90. The highest BCUT2D eigenvalue weighted by atomic mass is 19.1. The lowest BCUT2D eigenvalue weighted by atomic mass is 10.1. The number of methoxy groups -OCH3 is 1. The van der Waals surface area contributed by atoms with Gasteiger partial charge >= 0.3 is 0 Å². The van der Waals surface area contributed by atoms with Crippen LogP contribution in [0.4, 0.5) is 4.39 Å². The van der Waals surface area contributed by atoms with Crippen LogP contribution >= 0.6 is 0 Å². The van der Waals surface area contributed by atoms with Crippen molar-refractivity contribution >= 4 is 0 Å². The predicted molar refractivity (Wildman–Crippen MR) is 50.6 cm³/mol. The second-order valence-electron chi connectivity index (χ2n) is 2.79. The maximum atomic E-state index is 13.1. The van der Waals surface area contributed by atoms with Crippen LogP contribution in [0.5, 0.6) is 5.75 Å². The maximum absolute atomic E-state index is 13.1. The SMILES string of the molecule is CNCCc1cccc(F)c1OC. The molecule has 13 heavy (non-hydrogen) atoms. The summed E-state index contributed by atoms with van der Waals surface area (Å²) in [5.74, 6) is 0.0638. The Labute approximate surface area is 77.7 Å². The van der Waals surface area contributed by atoms with Gasteiger partial charge in [0.1, 0.15) is 0 Å². The first-order chi connectivity index (χ1) is 6.29. The van der Waals surface area contributed by atoms with E-state index in [9.17, 15) is 4.39 Å². The summed E-state index contributed by atoms with van der Waals surface area (Å²) in [5.41, 5.74) is 0.900. The minimum Gasteiger partial charge on any atom is -0.493 e. The first kappa shape index (κ1) is 9.99. The van der Waals surface area contributed by atoms with E-state index in [1.54, 1.807) is 6.07 Å². The van der Waals surface area contributed by atoms with E-state index in [0.29, 0.717) is 5.75 Å². The van der Waals surface area contributed by atoms with Gasteiger partial charge in [-0.2, -0.15) is 0 Å². The molecular formula is C10H14FNO. The molecule has 0 spiro atoms. The molecule has 0 saturated carbocycles. The summed E-state index contributed by atoms with van der Waals surface area (Å²) >= 11 is 0. The summed E-state index contributed by atoms with van der Waals surface area (Å²) in [5, 5.41) is 3.01. The van der Waals surface area contributed by atoms with E-state index < -0.39 is 0 Å². The van der Waals surface area contributed by atoms with Gasteiger partial charge < -0.3 is 10.1 Å². The number of ether oxygens (including phenoxy) is 1. The molecule has 1 N–H and O–H groups in total. The standard InChI is InChI=1S/C10H14FNO/c1-12-7-6-8-4-3-5-9(11)10(8)13-2/h3-5,12H,6-7H2,1-2H3. The largest absolute Gasteiger partial charge is 0.493 e. The van der Waals surface area contributed by atoms with Crippen LogP contribution in [0, 0.1) is 5.82 Å². The van der Waals surface area contributed by atoms with E-state index in [0.717, 1.165) is 18.5 Å². The van der Waals surface area contributed by atoms with Crippen molar-refractivity contribution in [2.45, 2.75) is 6.42 Å². The molecule has 1 rings (SSSR count). The third-order valence-corrected chi connectivity index (χ3v) is 1.90. The Balaban J connectivity index is 2.85. The molecule has 0 amide bonds. The van der Waals surface area contributed by atoms with Crippen LogP contribution in [0.25, 0.3) is 0 Å². The van der Waals surface area contributed by atoms with Gasteiger partial charge in [-0.15, -0.1) is 0 Å². The lowest BCUT2D eigenvalue weighted by Gasteiger charge is -2.08. The summed E-state index contributed by atoms with van der Waals surface area (Å²) in [4.78, 5) is 0. The molecular weight excluding hydrogens is 169 g/mol. The third kappa shape index (κ3) is 2.42. The van der Waals surface area contributed by atoms with Crippen LogP contribution in [0.1, 0.15) is 5.56 Å². The fourth-order valence-electron chi connectivity index (χ4n) is 1.24. The Hall–Kier alpha value is -1.09. The fraction of sp³-hybridized carbons (Fsp3) is 0.400. The Morgan fingerprint density at radius 3 is 2.85 bits per heavy atom. The van der Waals surface area contributed by atoms with Gasteiger partial charge in [-0.05, 0) is 31.6 Å². The number of benzene rings is 1. The van der Waals surface area contributed by atoms with E-state index in [4.69, 9.17) is 4.74 Å². The van der Waals surface area contributed by atoms with Gasteiger partial charge in [0.25, 0.3) is 0 Å². The molecule has 0 bridgehead atoms. The van der Waals surface area contributed by atoms with Crippen molar-refractivity contribution in [3.63, 3.8) is 0 Å². The van der Waals surface area contributed by atoms with Crippen LogP contribution in [0.3, 0.4) is 0 Å². The van der Waals surface area contributed by atoms with Crippen molar-refractivity contribution in [3.8, 4) is 5.75 Å². The molecule has 0 fully saturated rings. The van der Waals surface area contributed by atoms with E-state index >= 15 is 0 Å². The van der Waals surface area contributed by atoms with Crippen molar-refractivity contribution in [1.82, 2.24) is 5.32 Å². The highest BCUT2D eigenvalue weighted by molar-refractivity contribution is 5.35. The molecule has 0 aliphatic heterocycles. The molecule has 1 aromatic carbocycles. The highest BCUT2D eigenvalue weighted by Gasteiger charge is 2.06. The summed E-state index contributed by atoms with van der Waals surface area (Å²) in [6.07, 6.45) is 0.775. The summed E-state index contributed by atoms with van der Waals surface area (Å²) < 4.78 is 18.1. The molecule has 0 radical (unpaired) electrons. The fourth-order valence-corrected chi connectivity index (χ4v) is 1.24. The Morgan fingerprint density at radius 1 is 1.46 bits per heavy atom. The van der Waals surface area contributed by atoms with E-state index in [1.807, 2.05) is 13.1 Å². The van der Waals surface area contributed by atoms with E-state index in [-0.39, 0.29) is 5.82 Å². The first-order valence-corrected chi connectivity index (χ1v) is 4.25. The predicted octanol–water partition coefficient (Wildman–Crippen LogP) is 1.60. The van der Waals surface area contributed by atoms with Crippen molar-refractivity contribution in [3.05, 3.63) is 29.6 Å². The van der Waals surface area contributed by atoms with Crippen LogP contribution in [0.2, 0.25) is 0 Å². The van der Waals surface area contributed by atoms with Crippen molar-refractivity contribution in [1.29, 1.82) is 0 Å². The number of para-hydroxylation sites is 1. The second kappa shape index (κ2) is 4.82. The lowest BCUT2D eigenvalue weighted by Crippen LogP contribution is -2.11. The lowest BCUT2D eigenvalue weighted by molar-refractivity contribution is 0.381. The molecule has 0 atom stereocenters. The van der Waals surface area contributed by atoms with Gasteiger partial charge in [-0.25, -0.2) is 4.39 Å². The van der Waals surface area contributed by atoms with Crippen molar-refractivity contribution < 1.29 is 9.13 Å². The maximum Gasteiger partial charge on any atom is 0.165 e. The number of halogens is 1. The van der Waals surface area contributed by atoms with Gasteiger partial charge in [0.15, 0.2) is 11.6 Å². The molecule has 1 aromatic rings. The Bertz CT molecular complexity index is 276. The summed E-state index contributed by atoms with van der Waals surface area (Å²) in [6, 6.07) is 4.98. The number of hydrogen-bond acceptors (Lipinski definition) is 2. The zero-order chi connectivity index (χ0) is 9.68. The van der Waals surface area contributed by atoms with Gasteiger partial charge in [-0.3, -0.25) is 0 Å². The number of likely N-dealkylation sites (N-methyl/N-ethyl adjacent to an activating group) is 1. The zero-order valence-corrected chi connectivity index (χ0v) is 7.93. The average molecular weight is 183 g/mol. The van der Waals surface area contributed by atoms with Gasteiger partial charge in [0, 0.05) is 0 Å². The molecule has 0 saturated heterocycles.